The molecule has 0 saturated carbocycles. The molecule has 6 rings (SSSR count). The van der Waals surface area contributed by atoms with Gasteiger partial charge in [0.15, 0.2) is 0 Å². The lowest BCUT2D eigenvalue weighted by Crippen LogP contribution is -2.53. The Bertz CT molecular complexity index is 1320. The van der Waals surface area contributed by atoms with Crippen molar-refractivity contribution in [3.8, 4) is 0 Å². The molecule has 3 aromatic rings. The molecule has 3 fully saturated rings. The van der Waals surface area contributed by atoms with Crippen LogP contribution in [0.2, 0.25) is 10.0 Å². The van der Waals surface area contributed by atoms with Crippen molar-refractivity contribution < 1.29 is 9.18 Å². The van der Waals surface area contributed by atoms with E-state index < -0.39 is 0 Å². The fourth-order valence-electron chi connectivity index (χ4n) is 6.73. The summed E-state index contributed by atoms with van der Waals surface area (Å²) in [4.78, 5) is 20.2. The number of nitrogens with zero attached hydrogens (tertiary/aromatic N) is 3. The molecule has 206 valence electrons. The van der Waals surface area contributed by atoms with Crippen LogP contribution in [0.15, 0.2) is 54.6 Å². The predicted octanol–water partition coefficient (Wildman–Crippen LogP) is 6.70. The summed E-state index contributed by atoms with van der Waals surface area (Å²) in [6.07, 6.45) is 5.27. The highest BCUT2D eigenvalue weighted by Crippen LogP contribution is 2.37. The van der Waals surface area contributed by atoms with Gasteiger partial charge in [-0.1, -0.05) is 47.5 Å². The molecule has 2 amide bonds. The predicted molar refractivity (Wildman–Crippen MR) is 156 cm³/mol. The Labute approximate surface area is 239 Å². The first-order valence-corrected chi connectivity index (χ1v) is 14.8. The van der Waals surface area contributed by atoms with Gasteiger partial charge in [0, 0.05) is 73.0 Å². The van der Waals surface area contributed by atoms with Gasteiger partial charge >= 0.3 is 6.03 Å². The summed E-state index contributed by atoms with van der Waals surface area (Å²) >= 11 is 12.8. The molecule has 5 nitrogen and oxygen atoms in total. The molecule has 2 bridgehead atoms. The van der Waals surface area contributed by atoms with Gasteiger partial charge in [0.1, 0.15) is 5.82 Å². The van der Waals surface area contributed by atoms with Crippen LogP contribution >= 0.6 is 23.2 Å². The maximum Gasteiger partial charge on any atom is 0.317 e. The number of hydrogen-bond donors (Lipinski definition) is 1. The van der Waals surface area contributed by atoms with Gasteiger partial charge in [-0.2, -0.15) is 0 Å². The second kappa shape index (κ2) is 11.6. The third-order valence-corrected chi connectivity index (χ3v) is 9.47. The van der Waals surface area contributed by atoms with Crippen molar-refractivity contribution in [2.24, 2.45) is 0 Å². The summed E-state index contributed by atoms with van der Waals surface area (Å²) in [5, 5.41) is 6.78. The van der Waals surface area contributed by atoms with Gasteiger partial charge in [0.2, 0.25) is 0 Å². The van der Waals surface area contributed by atoms with Gasteiger partial charge in [-0.05, 0) is 78.8 Å². The van der Waals surface area contributed by atoms with Crippen LogP contribution < -0.4 is 5.32 Å². The molecule has 3 aromatic carbocycles. The fourth-order valence-corrected chi connectivity index (χ4v) is 7.25. The van der Waals surface area contributed by atoms with Crippen molar-refractivity contribution in [3.63, 3.8) is 0 Å². The van der Waals surface area contributed by atoms with Crippen LogP contribution in [0.1, 0.15) is 43.2 Å². The third-order valence-electron chi connectivity index (χ3n) is 8.76. The van der Waals surface area contributed by atoms with E-state index >= 15 is 0 Å². The summed E-state index contributed by atoms with van der Waals surface area (Å²) in [5.41, 5.74) is 2.22. The number of benzene rings is 3. The zero-order valence-electron chi connectivity index (χ0n) is 22.1. The van der Waals surface area contributed by atoms with E-state index in [0.717, 1.165) is 61.8 Å². The molecule has 1 N–H and O–H groups in total. The van der Waals surface area contributed by atoms with E-state index in [0.29, 0.717) is 35.2 Å². The number of carbonyl (C=O) groups excluding carboxylic acids is 1. The van der Waals surface area contributed by atoms with Crippen LogP contribution in [-0.4, -0.2) is 65.0 Å². The van der Waals surface area contributed by atoms with E-state index in [1.54, 1.807) is 6.07 Å². The first-order chi connectivity index (χ1) is 18.9. The average molecular weight is 570 g/mol. The number of amides is 2. The normalized spacial score (nSPS) is 24.2. The van der Waals surface area contributed by atoms with Crippen molar-refractivity contribution in [2.75, 3.05) is 26.2 Å². The minimum atomic E-state index is -0.197. The molecule has 3 atom stereocenters. The van der Waals surface area contributed by atoms with E-state index in [4.69, 9.17) is 23.2 Å². The Morgan fingerprint density at radius 2 is 1.59 bits per heavy atom. The van der Waals surface area contributed by atoms with Gasteiger partial charge in [-0.15, -0.1) is 0 Å². The molecule has 8 heteroatoms. The summed E-state index contributed by atoms with van der Waals surface area (Å²) in [6, 6.07) is 18.2. The lowest BCUT2D eigenvalue weighted by atomic mass is 9.96. The van der Waals surface area contributed by atoms with Crippen molar-refractivity contribution in [2.45, 2.75) is 63.3 Å². The molecule has 3 saturated heterocycles. The lowest BCUT2D eigenvalue weighted by molar-refractivity contribution is 0.108. The van der Waals surface area contributed by atoms with Gasteiger partial charge in [0.05, 0.1) is 0 Å². The highest BCUT2D eigenvalue weighted by molar-refractivity contribution is 6.35. The average Bonchev–Trinajstić information content (AvgIpc) is 3.08. The van der Waals surface area contributed by atoms with Gasteiger partial charge in [-0.3, -0.25) is 9.80 Å². The molecule has 0 aromatic heterocycles. The number of urea groups is 1. The van der Waals surface area contributed by atoms with Gasteiger partial charge < -0.3 is 10.2 Å². The zero-order chi connectivity index (χ0) is 26.9. The Hall–Kier alpha value is -2.38. The van der Waals surface area contributed by atoms with Crippen molar-refractivity contribution in [1.29, 1.82) is 0 Å². The van der Waals surface area contributed by atoms with Crippen molar-refractivity contribution in [3.05, 3.63) is 81.6 Å². The summed E-state index contributed by atoms with van der Waals surface area (Å²) in [7, 11) is 0. The Kier molecular flexibility index (Phi) is 7.99. The highest BCUT2D eigenvalue weighted by atomic mass is 35.5. The number of hydrogen-bond acceptors (Lipinski definition) is 3. The molecular weight excluding hydrogens is 534 g/mol. The monoisotopic (exact) mass is 568 g/mol. The first kappa shape index (κ1) is 26.8. The second-order valence-electron chi connectivity index (χ2n) is 11.3. The number of carbonyl (C=O) groups is 1. The summed E-state index contributed by atoms with van der Waals surface area (Å²) < 4.78 is 13.6. The van der Waals surface area contributed by atoms with Crippen molar-refractivity contribution >= 4 is 40.0 Å². The zero-order valence-corrected chi connectivity index (χ0v) is 23.6. The number of piperidine rings is 1. The molecule has 0 spiro atoms. The highest BCUT2D eigenvalue weighted by Gasteiger charge is 2.41. The SMILES string of the molecule is O=C(NC1C[C@H]2CC[C@@H](C1)N2Cc1ccc2cc(F)ccc2c1)N1CCCN(Cc2c(Cl)cccc2Cl)CC1. The molecule has 1 unspecified atom stereocenters. The maximum atomic E-state index is 13.6. The minimum absolute atomic E-state index is 0.0623. The standard InChI is InChI=1S/C31H35Cl2FN4O/c32-29-3-1-4-30(33)28(29)20-36-11-2-12-37(14-13-36)31(39)35-25-17-26-9-10-27(18-25)38(26)19-21-5-6-23-16-24(34)8-7-22(23)15-21/h1,3-8,15-16,25-27H,2,9-14,17-20H2,(H,35,39)/t25?,26-,27+. The van der Waals surface area contributed by atoms with Crippen LogP contribution in [0, 0.1) is 5.82 Å². The van der Waals surface area contributed by atoms with E-state index in [9.17, 15) is 9.18 Å². The topological polar surface area (TPSA) is 38.8 Å². The number of fused-ring (bicyclic) bond motifs is 3. The van der Waals surface area contributed by atoms with Gasteiger partial charge in [-0.25, -0.2) is 9.18 Å². The summed E-state index contributed by atoms with van der Waals surface area (Å²) in [5.74, 6) is -0.197. The Balaban J connectivity index is 1.02. The van der Waals surface area contributed by atoms with Crippen LogP contribution in [0.5, 0.6) is 0 Å². The quantitative estimate of drug-likeness (QED) is 0.372. The number of nitrogens with one attached hydrogen (secondary N) is 1. The minimum Gasteiger partial charge on any atom is -0.335 e. The van der Waals surface area contributed by atoms with Crippen LogP contribution in [0.25, 0.3) is 10.8 Å². The van der Waals surface area contributed by atoms with E-state index in [-0.39, 0.29) is 17.9 Å². The molecule has 39 heavy (non-hydrogen) atoms. The molecule has 3 aliphatic heterocycles. The maximum absolute atomic E-state index is 13.6. The van der Waals surface area contributed by atoms with E-state index in [1.807, 2.05) is 35.2 Å². The lowest BCUT2D eigenvalue weighted by Gasteiger charge is -2.40. The van der Waals surface area contributed by atoms with E-state index in [2.05, 4.69) is 27.2 Å². The Morgan fingerprint density at radius 3 is 2.36 bits per heavy atom. The Morgan fingerprint density at radius 1 is 0.872 bits per heavy atom. The molecule has 3 aliphatic rings. The van der Waals surface area contributed by atoms with Gasteiger partial charge in [0.25, 0.3) is 0 Å². The van der Waals surface area contributed by atoms with Crippen LogP contribution in [0.3, 0.4) is 0 Å². The number of halogens is 3. The fraction of sp³-hybridized carbons (Fsp3) is 0.452. The van der Waals surface area contributed by atoms with E-state index in [1.165, 1.54) is 24.5 Å². The smallest absolute Gasteiger partial charge is 0.317 e. The first-order valence-electron chi connectivity index (χ1n) is 14.1. The van der Waals surface area contributed by atoms with Crippen LogP contribution in [0.4, 0.5) is 9.18 Å². The third kappa shape index (κ3) is 6.04. The number of rotatable bonds is 5. The van der Waals surface area contributed by atoms with Crippen molar-refractivity contribution in [1.82, 2.24) is 20.0 Å². The molecule has 0 radical (unpaired) electrons. The van der Waals surface area contributed by atoms with Crippen LogP contribution in [-0.2, 0) is 13.1 Å². The molecule has 0 aliphatic carbocycles. The molecular formula is C31H35Cl2FN4O. The largest absolute Gasteiger partial charge is 0.335 e. The second-order valence-corrected chi connectivity index (χ2v) is 12.1. The summed E-state index contributed by atoms with van der Waals surface area (Å²) in [6.45, 7) is 4.78. The molecule has 3 heterocycles.